The molecule has 1 saturated carbocycles. The molecule has 15 heavy (non-hydrogen) atoms. The molecule has 0 aliphatic heterocycles. The molecule has 0 aromatic carbocycles. The van der Waals surface area contributed by atoms with Gasteiger partial charge in [0.2, 0.25) is 0 Å². The van der Waals surface area contributed by atoms with E-state index in [-0.39, 0.29) is 6.10 Å². The fourth-order valence-electron chi connectivity index (χ4n) is 2.58. The molecule has 0 spiro atoms. The SMILES string of the molecule is CNCC(O)CN(C)C1CCCC(C)C1. The molecule has 3 atom stereocenters. The second-order valence-corrected chi connectivity index (χ2v) is 5.08. The van der Waals surface area contributed by atoms with Gasteiger partial charge in [-0.3, -0.25) is 0 Å². The van der Waals surface area contributed by atoms with E-state index in [0.717, 1.165) is 12.5 Å². The summed E-state index contributed by atoms with van der Waals surface area (Å²) in [5.74, 6) is 0.854. The van der Waals surface area contributed by atoms with E-state index in [2.05, 4.69) is 24.2 Å². The zero-order valence-electron chi connectivity index (χ0n) is 10.4. The van der Waals surface area contributed by atoms with Crippen LogP contribution in [0.4, 0.5) is 0 Å². The summed E-state index contributed by atoms with van der Waals surface area (Å²) in [6.07, 6.45) is 5.08. The minimum absolute atomic E-state index is 0.239. The molecule has 1 aliphatic rings. The van der Waals surface area contributed by atoms with Gasteiger partial charge in [0.1, 0.15) is 0 Å². The van der Waals surface area contributed by atoms with Crippen molar-refractivity contribution in [3.63, 3.8) is 0 Å². The lowest BCUT2D eigenvalue weighted by atomic mass is 9.86. The third-order valence-corrected chi connectivity index (χ3v) is 3.47. The van der Waals surface area contributed by atoms with Gasteiger partial charge < -0.3 is 15.3 Å². The highest BCUT2D eigenvalue weighted by Crippen LogP contribution is 2.26. The molecular weight excluding hydrogens is 188 g/mol. The van der Waals surface area contributed by atoms with Gasteiger partial charge in [0.05, 0.1) is 6.10 Å². The molecule has 90 valence electrons. The molecule has 3 nitrogen and oxygen atoms in total. The average Bonchev–Trinajstić information content (AvgIpc) is 2.18. The van der Waals surface area contributed by atoms with E-state index in [4.69, 9.17) is 0 Å². The fourth-order valence-corrected chi connectivity index (χ4v) is 2.58. The molecule has 3 unspecified atom stereocenters. The minimum Gasteiger partial charge on any atom is -0.390 e. The van der Waals surface area contributed by atoms with Crippen molar-refractivity contribution in [1.82, 2.24) is 10.2 Å². The Labute approximate surface area is 93.9 Å². The van der Waals surface area contributed by atoms with Crippen LogP contribution in [0.1, 0.15) is 32.6 Å². The molecule has 2 N–H and O–H groups in total. The van der Waals surface area contributed by atoms with Gasteiger partial charge in [-0.05, 0) is 32.9 Å². The smallest absolute Gasteiger partial charge is 0.0791 e. The van der Waals surface area contributed by atoms with E-state index < -0.39 is 0 Å². The molecule has 1 aliphatic carbocycles. The average molecular weight is 214 g/mol. The van der Waals surface area contributed by atoms with Gasteiger partial charge >= 0.3 is 0 Å². The summed E-state index contributed by atoms with van der Waals surface area (Å²) in [4.78, 5) is 2.33. The summed E-state index contributed by atoms with van der Waals surface area (Å²) in [5, 5.41) is 12.7. The van der Waals surface area contributed by atoms with Crippen molar-refractivity contribution >= 4 is 0 Å². The lowest BCUT2D eigenvalue weighted by molar-refractivity contribution is 0.0838. The maximum atomic E-state index is 9.71. The van der Waals surface area contributed by atoms with Crippen LogP contribution in [-0.2, 0) is 0 Å². The molecule has 0 aromatic rings. The molecule has 0 bridgehead atoms. The lowest BCUT2D eigenvalue weighted by Crippen LogP contribution is -2.42. The summed E-state index contributed by atoms with van der Waals surface area (Å²) in [7, 11) is 4.02. The number of rotatable bonds is 5. The highest BCUT2D eigenvalue weighted by molar-refractivity contribution is 4.78. The number of nitrogens with zero attached hydrogens (tertiary/aromatic N) is 1. The van der Waals surface area contributed by atoms with Crippen LogP contribution in [0.2, 0.25) is 0 Å². The highest BCUT2D eigenvalue weighted by atomic mass is 16.3. The monoisotopic (exact) mass is 214 g/mol. The number of hydrogen-bond donors (Lipinski definition) is 2. The topological polar surface area (TPSA) is 35.5 Å². The summed E-state index contributed by atoms with van der Waals surface area (Å²) in [6.45, 7) is 3.81. The fraction of sp³-hybridized carbons (Fsp3) is 1.00. The Kier molecular flexibility index (Phi) is 5.58. The number of hydrogen-bond acceptors (Lipinski definition) is 3. The first-order valence-corrected chi connectivity index (χ1v) is 6.16. The van der Waals surface area contributed by atoms with E-state index in [9.17, 15) is 5.11 Å². The van der Waals surface area contributed by atoms with E-state index in [1.807, 2.05) is 7.05 Å². The maximum Gasteiger partial charge on any atom is 0.0791 e. The van der Waals surface area contributed by atoms with Crippen molar-refractivity contribution in [2.75, 3.05) is 27.2 Å². The zero-order valence-corrected chi connectivity index (χ0v) is 10.4. The Bertz CT molecular complexity index is 175. The zero-order chi connectivity index (χ0) is 11.3. The number of aliphatic hydroxyl groups is 1. The third-order valence-electron chi connectivity index (χ3n) is 3.47. The molecular formula is C12H26N2O. The Morgan fingerprint density at radius 3 is 2.80 bits per heavy atom. The van der Waals surface area contributed by atoms with E-state index in [0.29, 0.717) is 12.6 Å². The Hall–Kier alpha value is -0.120. The number of nitrogens with one attached hydrogen (secondary N) is 1. The summed E-state index contributed by atoms with van der Waals surface area (Å²) in [5.41, 5.74) is 0. The van der Waals surface area contributed by atoms with Crippen molar-refractivity contribution in [3.05, 3.63) is 0 Å². The molecule has 3 heteroatoms. The van der Waals surface area contributed by atoms with Gasteiger partial charge in [-0.1, -0.05) is 19.8 Å². The van der Waals surface area contributed by atoms with E-state index >= 15 is 0 Å². The van der Waals surface area contributed by atoms with Crippen molar-refractivity contribution in [1.29, 1.82) is 0 Å². The first-order chi connectivity index (χ1) is 7.13. The van der Waals surface area contributed by atoms with Gasteiger partial charge in [-0.25, -0.2) is 0 Å². The normalized spacial score (nSPS) is 29.4. The Morgan fingerprint density at radius 2 is 2.20 bits per heavy atom. The molecule has 0 radical (unpaired) electrons. The van der Waals surface area contributed by atoms with Crippen LogP contribution < -0.4 is 5.32 Å². The largest absolute Gasteiger partial charge is 0.390 e. The van der Waals surface area contributed by atoms with Crippen molar-refractivity contribution in [2.24, 2.45) is 5.92 Å². The molecule has 1 fully saturated rings. The predicted octanol–water partition coefficient (Wildman–Crippen LogP) is 1.08. The van der Waals surface area contributed by atoms with Crippen LogP contribution in [0.15, 0.2) is 0 Å². The van der Waals surface area contributed by atoms with Crippen LogP contribution in [-0.4, -0.2) is 49.3 Å². The van der Waals surface area contributed by atoms with Crippen molar-refractivity contribution in [3.8, 4) is 0 Å². The predicted molar refractivity (Wildman–Crippen MR) is 64.0 cm³/mol. The highest BCUT2D eigenvalue weighted by Gasteiger charge is 2.23. The van der Waals surface area contributed by atoms with Gasteiger partial charge in [0.15, 0.2) is 0 Å². The summed E-state index contributed by atoms with van der Waals surface area (Å²) in [6, 6.07) is 0.681. The third kappa shape index (κ3) is 4.49. The van der Waals surface area contributed by atoms with Crippen LogP contribution in [0.25, 0.3) is 0 Å². The Balaban J connectivity index is 2.28. The molecule has 0 aromatic heterocycles. The van der Waals surface area contributed by atoms with E-state index in [1.54, 1.807) is 0 Å². The molecule has 0 saturated heterocycles. The summed E-state index contributed by atoms with van der Waals surface area (Å²) < 4.78 is 0. The first-order valence-electron chi connectivity index (χ1n) is 6.16. The molecule has 0 heterocycles. The van der Waals surface area contributed by atoms with E-state index in [1.165, 1.54) is 25.7 Å². The van der Waals surface area contributed by atoms with Crippen molar-refractivity contribution < 1.29 is 5.11 Å². The second kappa shape index (κ2) is 6.46. The maximum absolute atomic E-state index is 9.71. The van der Waals surface area contributed by atoms with Gasteiger partial charge in [-0.15, -0.1) is 0 Å². The van der Waals surface area contributed by atoms with Crippen LogP contribution in [0.5, 0.6) is 0 Å². The number of likely N-dealkylation sites (N-methyl/N-ethyl adjacent to an activating group) is 2. The quantitative estimate of drug-likeness (QED) is 0.719. The number of aliphatic hydroxyl groups excluding tert-OH is 1. The van der Waals surface area contributed by atoms with Crippen LogP contribution in [0.3, 0.4) is 0 Å². The minimum atomic E-state index is -0.239. The van der Waals surface area contributed by atoms with Crippen LogP contribution >= 0.6 is 0 Å². The van der Waals surface area contributed by atoms with Gasteiger partial charge in [-0.2, -0.15) is 0 Å². The standard InChI is InChI=1S/C12H26N2O/c1-10-5-4-6-11(7-10)14(3)9-12(15)8-13-2/h10-13,15H,4-9H2,1-3H3. The summed E-state index contributed by atoms with van der Waals surface area (Å²) >= 11 is 0. The molecule has 0 amide bonds. The lowest BCUT2D eigenvalue weighted by Gasteiger charge is -2.35. The van der Waals surface area contributed by atoms with Crippen LogP contribution in [0, 0.1) is 5.92 Å². The Morgan fingerprint density at radius 1 is 1.47 bits per heavy atom. The van der Waals surface area contributed by atoms with Crippen molar-refractivity contribution in [2.45, 2.75) is 44.8 Å². The second-order valence-electron chi connectivity index (χ2n) is 5.08. The van der Waals surface area contributed by atoms with Gasteiger partial charge in [0.25, 0.3) is 0 Å². The first kappa shape index (κ1) is 12.9. The van der Waals surface area contributed by atoms with Gasteiger partial charge in [0, 0.05) is 19.1 Å². The molecule has 1 rings (SSSR count).